The van der Waals surface area contributed by atoms with Crippen molar-refractivity contribution in [3.63, 3.8) is 0 Å². The van der Waals surface area contributed by atoms with Gasteiger partial charge in [-0.25, -0.2) is 4.79 Å². The number of esters is 1. The summed E-state index contributed by atoms with van der Waals surface area (Å²) in [4.78, 5) is 40.8. The average Bonchev–Trinajstić information content (AvgIpc) is 3.29. The number of anilines is 1. The number of likely N-dealkylation sites (tertiary alicyclic amines) is 1. The van der Waals surface area contributed by atoms with Crippen molar-refractivity contribution in [1.29, 1.82) is 0 Å². The Labute approximate surface area is 170 Å². The average molecular weight is 406 g/mol. The molecule has 1 aromatic heterocycles. The van der Waals surface area contributed by atoms with E-state index in [0.29, 0.717) is 12.2 Å². The fourth-order valence-electron chi connectivity index (χ4n) is 3.86. The standard InChI is InChI=1S/C20H30N4O5/c1-13(16-7-5-6-8-23(16)19(27)29-20(2,3)4)28-18(26)14-9-17(25)24(12-14)15-10-21-22-11-15/h10-11,13-14,16H,5-9,12H2,1-4H3,(H,21,22)/t13-,14-,16+/m0/s1. The fraction of sp³-hybridized carbons (Fsp3) is 0.700. The maximum absolute atomic E-state index is 12.7. The van der Waals surface area contributed by atoms with Gasteiger partial charge in [0.15, 0.2) is 0 Å². The third-order valence-corrected chi connectivity index (χ3v) is 5.27. The van der Waals surface area contributed by atoms with Crippen molar-refractivity contribution < 1.29 is 23.9 Å². The molecule has 160 valence electrons. The van der Waals surface area contributed by atoms with Crippen LogP contribution >= 0.6 is 0 Å². The van der Waals surface area contributed by atoms with Gasteiger partial charge in [0.1, 0.15) is 11.7 Å². The zero-order valence-electron chi connectivity index (χ0n) is 17.5. The van der Waals surface area contributed by atoms with Gasteiger partial charge in [-0.15, -0.1) is 0 Å². The number of rotatable bonds is 4. The van der Waals surface area contributed by atoms with Crippen LogP contribution in [0.1, 0.15) is 53.4 Å². The SMILES string of the molecule is C[C@H](OC(=O)[C@H]1CC(=O)N(c2cn[nH]c2)C1)[C@H]1CCCCN1C(=O)OC(C)(C)C. The fourth-order valence-corrected chi connectivity index (χ4v) is 3.86. The van der Waals surface area contributed by atoms with Gasteiger partial charge >= 0.3 is 12.1 Å². The van der Waals surface area contributed by atoms with E-state index in [0.717, 1.165) is 19.3 Å². The molecule has 3 rings (SSSR count). The summed E-state index contributed by atoms with van der Waals surface area (Å²) in [6.07, 6.45) is 5.02. The van der Waals surface area contributed by atoms with Gasteiger partial charge in [0, 0.05) is 25.7 Å². The monoisotopic (exact) mass is 406 g/mol. The highest BCUT2D eigenvalue weighted by Crippen LogP contribution is 2.28. The van der Waals surface area contributed by atoms with Crippen molar-refractivity contribution >= 4 is 23.7 Å². The minimum Gasteiger partial charge on any atom is -0.460 e. The van der Waals surface area contributed by atoms with Crippen LogP contribution in [0.25, 0.3) is 0 Å². The Morgan fingerprint density at radius 3 is 2.72 bits per heavy atom. The number of ether oxygens (including phenoxy) is 2. The van der Waals surface area contributed by atoms with Gasteiger partial charge in [-0.05, 0) is 47.0 Å². The molecule has 9 heteroatoms. The van der Waals surface area contributed by atoms with Crippen LogP contribution < -0.4 is 4.90 Å². The summed E-state index contributed by atoms with van der Waals surface area (Å²) in [6.45, 7) is 8.14. The Balaban J connectivity index is 1.60. The minimum absolute atomic E-state index is 0.108. The van der Waals surface area contributed by atoms with Crippen LogP contribution in [0.2, 0.25) is 0 Å². The van der Waals surface area contributed by atoms with Crippen molar-refractivity contribution in [1.82, 2.24) is 15.1 Å². The van der Waals surface area contributed by atoms with Gasteiger partial charge in [0.25, 0.3) is 0 Å². The number of carbonyl (C=O) groups is 3. The highest BCUT2D eigenvalue weighted by atomic mass is 16.6. The van der Waals surface area contributed by atoms with Crippen LogP contribution in [0.4, 0.5) is 10.5 Å². The molecule has 1 aromatic rings. The van der Waals surface area contributed by atoms with Gasteiger partial charge in [-0.1, -0.05) is 0 Å². The Morgan fingerprint density at radius 2 is 2.07 bits per heavy atom. The summed E-state index contributed by atoms with van der Waals surface area (Å²) in [6, 6.07) is -0.232. The number of carbonyl (C=O) groups excluding carboxylic acids is 3. The number of nitrogens with one attached hydrogen (secondary N) is 1. The predicted octanol–water partition coefficient (Wildman–Crippen LogP) is 2.48. The summed E-state index contributed by atoms with van der Waals surface area (Å²) in [5.41, 5.74) is 0.0569. The molecular formula is C20H30N4O5. The lowest BCUT2D eigenvalue weighted by Crippen LogP contribution is -2.51. The first-order valence-electron chi connectivity index (χ1n) is 10.1. The van der Waals surface area contributed by atoms with E-state index in [4.69, 9.17) is 9.47 Å². The van der Waals surface area contributed by atoms with Crippen LogP contribution in [0, 0.1) is 5.92 Å². The van der Waals surface area contributed by atoms with Crippen molar-refractivity contribution in [2.75, 3.05) is 18.0 Å². The molecule has 0 aromatic carbocycles. The second kappa shape index (κ2) is 8.42. The second-order valence-corrected chi connectivity index (χ2v) is 8.74. The topological polar surface area (TPSA) is 105 Å². The van der Waals surface area contributed by atoms with Crippen molar-refractivity contribution in [2.45, 2.75) is 71.1 Å². The summed E-state index contributed by atoms with van der Waals surface area (Å²) in [5.74, 6) is -1.07. The first-order chi connectivity index (χ1) is 13.7. The number of hydrogen-bond donors (Lipinski definition) is 1. The number of aromatic nitrogens is 2. The lowest BCUT2D eigenvalue weighted by atomic mass is 9.98. The zero-order valence-corrected chi connectivity index (χ0v) is 17.5. The van der Waals surface area contributed by atoms with Gasteiger partial charge < -0.3 is 19.3 Å². The molecule has 3 atom stereocenters. The molecule has 0 radical (unpaired) electrons. The predicted molar refractivity (Wildman–Crippen MR) is 105 cm³/mol. The van der Waals surface area contributed by atoms with Gasteiger partial charge in [-0.2, -0.15) is 5.10 Å². The number of H-pyrrole nitrogens is 1. The molecule has 0 unspecified atom stereocenters. The molecule has 2 aliphatic rings. The van der Waals surface area contributed by atoms with Crippen molar-refractivity contribution in [2.24, 2.45) is 5.92 Å². The van der Waals surface area contributed by atoms with Gasteiger partial charge in [0.2, 0.25) is 5.91 Å². The van der Waals surface area contributed by atoms with Crippen LogP contribution in [0.3, 0.4) is 0 Å². The molecule has 2 amide bonds. The summed E-state index contributed by atoms with van der Waals surface area (Å²) in [5, 5.41) is 6.51. The van der Waals surface area contributed by atoms with E-state index in [1.54, 1.807) is 24.2 Å². The first kappa shape index (κ1) is 21.1. The van der Waals surface area contributed by atoms with E-state index in [9.17, 15) is 14.4 Å². The minimum atomic E-state index is -0.584. The van der Waals surface area contributed by atoms with E-state index in [2.05, 4.69) is 10.2 Å². The van der Waals surface area contributed by atoms with Gasteiger partial charge in [0.05, 0.1) is 23.8 Å². The molecule has 0 bridgehead atoms. The number of nitrogens with zero attached hydrogens (tertiary/aromatic N) is 3. The van der Waals surface area contributed by atoms with Crippen LogP contribution in [-0.2, 0) is 19.1 Å². The zero-order chi connectivity index (χ0) is 21.2. The molecule has 3 heterocycles. The lowest BCUT2D eigenvalue weighted by molar-refractivity contribution is -0.156. The summed E-state index contributed by atoms with van der Waals surface area (Å²) in [7, 11) is 0. The normalized spacial score (nSPS) is 23.8. The maximum atomic E-state index is 12.7. The van der Waals surface area contributed by atoms with Crippen LogP contribution in [0.5, 0.6) is 0 Å². The Hall–Kier alpha value is -2.58. The van der Waals surface area contributed by atoms with Gasteiger partial charge in [-0.3, -0.25) is 14.7 Å². The molecule has 0 saturated carbocycles. The summed E-state index contributed by atoms with van der Waals surface area (Å²) < 4.78 is 11.2. The number of amides is 2. The number of hydrogen-bond acceptors (Lipinski definition) is 6. The van der Waals surface area contributed by atoms with Crippen molar-refractivity contribution in [3.8, 4) is 0 Å². The lowest BCUT2D eigenvalue weighted by Gasteiger charge is -2.39. The first-order valence-corrected chi connectivity index (χ1v) is 10.1. The summed E-state index contributed by atoms with van der Waals surface area (Å²) >= 11 is 0. The molecular weight excluding hydrogens is 376 g/mol. The third kappa shape index (κ3) is 5.07. The van der Waals surface area contributed by atoms with E-state index < -0.39 is 23.6 Å². The number of piperidine rings is 1. The molecule has 1 N–H and O–H groups in total. The molecule has 9 nitrogen and oxygen atoms in total. The number of aromatic amines is 1. The highest BCUT2D eigenvalue weighted by Gasteiger charge is 2.40. The molecule has 0 aliphatic carbocycles. The molecule has 2 fully saturated rings. The molecule has 2 aliphatic heterocycles. The Morgan fingerprint density at radius 1 is 1.31 bits per heavy atom. The Bertz CT molecular complexity index is 743. The van der Waals surface area contributed by atoms with Crippen LogP contribution in [0.15, 0.2) is 12.4 Å². The molecule has 0 spiro atoms. The molecule has 2 saturated heterocycles. The van der Waals surface area contributed by atoms with E-state index in [1.807, 2.05) is 20.8 Å². The second-order valence-electron chi connectivity index (χ2n) is 8.74. The quantitative estimate of drug-likeness (QED) is 0.770. The van der Waals surface area contributed by atoms with E-state index >= 15 is 0 Å². The van der Waals surface area contributed by atoms with Crippen LogP contribution in [-0.4, -0.2) is 63.9 Å². The smallest absolute Gasteiger partial charge is 0.410 e. The Kier molecular flexibility index (Phi) is 6.14. The maximum Gasteiger partial charge on any atom is 0.410 e. The third-order valence-electron chi connectivity index (χ3n) is 5.27. The van der Waals surface area contributed by atoms with E-state index in [1.165, 1.54) is 4.90 Å². The largest absolute Gasteiger partial charge is 0.460 e. The highest BCUT2D eigenvalue weighted by molar-refractivity contribution is 5.99. The molecule has 29 heavy (non-hydrogen) atoms. The van der Waals surface area contributed by atoms with E-state index in [-0.39, 0.29) is 31.0 Å². The van der Waals surface area contributed by atoms with Crippen molar-refractivity contribution in [3.05, 3.63) is 12.4 Å².